The molecule has 0 saturated carbocycles. The van der Waals surface area contributed by atoms with Crippen molar-refractivity contribution in [3.63, 3.8) is 0 Å². The lowest BCUT2D eigenvalue weighted by Gasteiger charge is -2.21. The molecule has 0 bridgehead atoms. The van der Waals surface area contributed by atoms with Crippen molar-refractivity contribution in [3.8, 4) is 5.75 Å². The van der Waals surface area contributed by atoms with E-state index in [4.69, 9.17) is 4.74 Å². The van der Waals surface area contributed by atoms with Gasteiger partial charge in [0.1, 0.15) is 12.4 Å². The number of hydrazone groups is 1. The van der Waals surface area contributed by atoms with Crippen molar-refractivity contribution < 1.29 is 17.9 Å². The van der Waals surface area contributed by atoms with E-state index in [0.717, 1.165) is 21.0 Å². The van der Waals surface area contributed by atoms with Crippen LogP contribution >= 0.6 is 0 Å². The van der Waals surface area contributed by atoms with Gasteiger partial charge in [0.05, 0.1) is 17.7 Å². The average molecular weight is 514 g/mol. The zero-order valence-electron chi connectivity index (χ0n) is 20.1. The standard InChI is InChI=1S/C29H27N3O4S/c33-29(31-30-20-24-16-18-27(19-17-24)36-23-26-12-6-2-7-13-26)22-32(21-25-10-4-1-5-11-25)37(34,35)28-14-8-3-9-15-28/h1-20H,21-23H2,(H,31,33)/b30-20+. The van der Waals surface area contributed by atoms with Crippen LogP contribution in [0.15, 0.2) is 125 Å². The molecule has 4 rings (SSSR count). The van der Waals surface area contributed by atoms with Crippen LogP contribution in [-0.4, -0.2) is 31.4 Å². The van der Waals surface area contributed by atoms with Crippen molar-refractivity contribution in [1.82, 2.24) is 9.73 Å². The smallest absolute Gasteiger partial charge is 0.255 e. The van der Waals surface area contributed by atoms with Gasteiger partial charge in [-0.3, -0.25) is 4.79 Å². The molecule has 1 N–H and O–H groups in total. The molecule has 0 aliphatic rings. The van der Waals surface area contributed by atoms with E-state index in [1.165, 1.54) is 18.3 Å². The molecule has 8 heteroatoms. The Labute approximate surface area is 217 Å². The van der Waals surface area contributed by atoms with Crippen LogP contribution in [0.2, 0.25) is 0 Å². The summed E-state index contributed by atoms with van der Waals surface area (Å²) in [5.74, 6) is 0.169. The quantitative estimate of drug-likeness (QED) is 0.234. The highest BCUT2D eigenvalue weighted by atomic mass is 32.2. The molecule has 0 fully saturated rings. The average Bonchev–Trinajstić information content (AvgIpc) is 2.94. The predicted molar refractivity (Wildman–Crippen MR) is 143 cm³/mol. The number of amides is 1. The zero-order valence-corrected chi connectivity index (χ0v) is 20.9. The summed E-state index contributed by atoms with van der Waals surface area (Å²) in [6, 6.07) is 34.3. The third-order valence-corrected chi connectivity index (χ3v) is 7.24. The van der Waals surface area contributed by atoms with Gasteiger partial charge in [-0.15, -0.1) is 0 Å². The minimum atomic E-state index is -3.90. The minimum Gasteiger partial charge on any atom is -0.489 e. The molecule has 7 nitrogen and oxygen atoms in total. The van der Waals surface area contributed by atoms with Gasteiger partial charge in [0, 0.05) is 6.54 Å². The summed E-state index contributed by atoms with van der Waals surface area (Å²) in [5, 5.41) is 3.99. The molecule has 0 aliphatic carbocycles. The van der Waals surface area contributed by atoms with Crippen molar-refractivity contribution >= 4 is 22.1 Å². The maximum Gasteiger partial charge on any atom is 0.255 e. The van der Waals surface area contributed by atoms with Crippen molar-refractivity contribution in [2.45, 2.75) is 18.0 Å². The number of sulfonamides is 1. The number of carbonyl (C=O) groups excluding carboxylic acids is 1. The van der Waals surface area contributed by atoms with E-state index >= 15 is 0 Å². The van der Waals surface area contributed by atoms with Crippen LogP contribution < -0.4 is 10.2 Å². The number of rotatable bonds is 11. The molecule has 4 aromatic carbocycles. The van der Waals surface area contributed by atoms with Crippen LogP contribution in [0.25, 0.3) is 0 Å². The summed E-state index contributed by atoms with van der Waals surface area (Å²) < 4.78 is 33.4. The Morgan fingerprint density at radius 1 is 0.784 bits per heavy atom. The number of ether oxygens (including phenoxy) is 1. The van der Waals surface area contributed by atoms with E-state index in [-0.39, 0.29) is 18.0 Å². The lowest BCUT2D eigenvalue weighted by atomic mass is 10.2. The Morgan fingerprint density at radius 3 is 1.97 bits per heavy atom. The number of benzene rings is 4. The number of carbonyl (C=O) groups is 1. The van der Waals surface area contributed by atoms with Gasteiger partial charge in [0.2, 0.25) is 10.0 Å². The van der Waals surface area contributed by atoms with E-state index in [1.807, 2.05) is 84.9 Å². The topological polar surface area (TPSA) is 88.1 Å². The third-order valence-electron chi connectivity index (χ3n) is 5.43. The summed E-state index contributed by atoms with van der Waals surface area (Å²) >= 11 is 0. The maximum absolute atomic E-state index is 13.2. The molecule has 0 atom stereocenters. The van der Waals surface area contributed by atoms with Crippen LogP contribution in [0.4, 0.5) is 0 Å². The number of hydrogen-bond donors (Lipinski definition) is 1. The Kier molecular flexibility index (Phi) is 8.80. The molecular weight excluding hydrogens is 486 g/mol. The first-order valence-corrected chi connectivity index (χ1v) is 13.1. The monoisotopic (exact) mass is 513 g/mol. The molecular formula is C29H27N3O4S. The normalized spacial score (nSPS) is 11.5. The molecule has 0 aromatic heterocycles. The summed E-state index contributed by atoms with van der Waals surface area (Å²) in [7, 11) is -3.90. The first-order valence-electron chi connectivity index (χ1n) is 11.7. The predicted octanol–water partition coefficient (Wildman–Crippen LogP) is 4.61. The van der Waals surface area contributed by atoms with Crippen molar-refractivity contribution in [3.05, 3.63) is 132 Å². The molecule has 1 amide bonds. The molecule has 0 aliphatic heterocycles. The van der Waals surface area contributed by atoms with Gasteiger partial charge in [-0.1, -0.05) is 78.9 Å². The maximum atomic E-state index is 13.2. The van der Waals surface area contributed by atoms with Gasteiger partial charge in [-0.05, 0) is 53.1 Å². The largest absolute Gasteiger partial charge is 0.489 e. The lowest BCUT2D eigenvalue weighted by Crippen LogP contribution is -2.39. The molecule has 0 heterocycles. The number of nitrogens with zero attached hydrogens (tertiary/aromatic N) is 2. The fraction of sp³-hybridized carbons (Fsp3) is 0.103. The SMILES string of the molecule is O=C(CN(Cc1ccccc1)S(=O)(=O)c1ccccc1)N/N=C/c1ccc(OCc2ccccc2)cc1. The number of nitrogens with one attached hydrogen (secondary N) is 1. The van der Waals surface area contributed by atoms with E-state index < -0.39 is 15.9 Å². The molecule has 37 heavy (non-hydrogen) atoms. The Morgan fingerprint density at radius 2 is 1.35 bits per heavy atom. The van der Waals surface area contributed by atoms with E-state index in [9.17, 15) is 13.2 Å². The van der Waals surface area contributed by atoms with Gasteiger partial charge in [0.25, 0.3) is 5.91 Å². The molecule has 0 spiro atoms. The molecule has 0 saturated heterocycles. The highest BCUT2D eigenvalue weighted by Gasteiger charge is 2.26. The van der Waals surface area contributed by atoms with Crippen LogP contribution in [0.1, 0.15) is 16.7 Å². The second kappa shape index (κ2) is 12.6. The Balaban J connectivity index is 1.36. The summed E-state index contributed by atoms with van der Waals surface area (Å²) in [6.07, 6.45) is 1.49. The lowest BCUT2D eigenvalue weighted by molar-refractivity contribution is -0.121. The van der Waals surface area contributed by atoms with Crippen LogP contribution in [0.5, 0.6) is 5.75 Å². The second-order valence-electron chi connectivity index (χ2n) is 8.21. The van der Waals surface area contributed by atoms with Gasteiger partial charge >= 0.3 is 0 Å². The van der Waals surface area contributed by atoms with Crippen molar-refractivity contribution in [2.24, 2.45) is 5.10 Å². The highest BCUT2D eigenvalue weighted by Crippen LogP contribution is 2.18. The molecule has 0 radical (unpaired) electrons. The third kappa shape index (κ3) is 7.60. The number of hydrogen-bond acceptors (Lipinski definition) is 5. The van der Waals surface area contributed by atoms with Crippen molar-refractivity contribution in [1.29, 1.82) is 0 Å². The minimum absolute atomic E-state index is 0.0552. The van der Waals surface area contributed by atoms with Gasteiger partial charge in [-0.2, -0.15) is 9.41 Å². The second-order valence-corrected chi connectivity index (χ2v) is 10.1. The zero-order chi connectivity index (χ0) is 25.9. The fourth-order valence-corrected chi connectivity index (χ4v) is 4.93. The molecule has 188 valence electrons. The van der Waals surface area contributed by atoms with Gasteiger partial charge in [0.15, 0.2) is 0 Å². The highest BCUT2D eigenvalue weighted by molar-refractivity contribution is 7.89. The van der Waals surface area contributed by atoms with Crippen LogP contribution in [0.3, 0.4) is 0 Å². The molecule has 4 aromatic rings. The first-order chi connectivity index (χ1) is 18.0. The fourth-order valence-electron chi connectivity index (χ4n) is 3.52. The van der Waals surface area contributed by atoms with E-state index in [2.05, 4.69) is 10.5 Å². The molecule has 0 unspecified atom stereocenters. The van der Waals surface area contributed by atoms with E-state index in [1.54, 1.807) is 18.2 Å². The Bertz CT molecular complexity index is 1410. The van der Waals surface area contributed by atoms with Gasteiger partial charge in [-0.25, -0.2) is 13.8 Å². The summed E-state index contributed by atoms with van der Waals surface area (Å²) in [6.45, 7) is 0.144. The van der Waals surface area contributed by atoms with Gasteiger partial charge < -0.3 is 4.74 Å². The van der Waals surface area contributed by atoms with E-state index in [0.29, 0.717) is 12.4 Å². The van der Waals surface area contributed by atoms with Crippen molar-refractivity contribution in [2.75, 3.05) is 6.54 Å². The Hall–Kier alpha value is -4.27. The summed E-state index contributed by atoms with van der Waals surface area (Å²) in [4.78, 5) is 12.8. The van der Waals surface area contributed by atoms with Crippen LogP contribution in [0, 0.1) is 0 Å². The first kappa shape index (κ1) is 25.8. The van der Waals surface area contributed by atoms with Crippen LogP contribution in [-0.2, 0) is 28.0 Å². The summed E-state index contributed by atoms with van der Waals surface area (Å²) in [5.41, 5.74) is 5.03.